The molecule has 0 aliphatic carbocycles. The number of carbonyl (C=O) groups is 1. The second kappa shape index (κ2) is 7.90. The number of aromatic nitrogens is 2. The van der Waals surface area contributed by atoms with Crippen molar-refractivity contribution in [3.8, 4) is 11.3 Å². The normalized spacial score (nSPS) is 11.9. The van der Waals surface area contributed by atoms with Crippen LogP contribution in [0.5, 0.6) is 0 Å². The SMILES string of the molecule is CCC(C)Nc1ncc(C(=O)N(C)CC)c(-c2cccc(C)c2)n1. The van der Waals surface area contributed by atoms with Crippen molar-refractivity contribution in [2.75, 3.05) is 18.9 Å². The predicted octanol–water partition coefficient (Wildman–Crippen LogP) is 3.75. The standard InChI is InChI=1S/C19H26N4O/c1-6-14(4)21-19-20-12-16(18(24)23(5)7-2)17(22-19)15-10-8-9-13(3)11-15/h8-12,14H,6-7H2,1-5H3,(H,20,21,22). The van der Waals surface area contributed by atoms with Crippen LogP contribution < -0.4 is 5.32 Å². The number of carbonyl (C=O) groups excluding carboxylic acids is 1. The lowest BCUT2D eigenvalue weighted by Crippen LogP contribution is -2.27. The van der Waals surface area contributed by atoms with Gasteiger partial charge in [0.25, 0.3) is 5.91 Å². The van der Waals surface area contributed by atoms with Crippen LogP contribution in [0.15, 0.2) is 30.5 Å². The number of hydrogen-bond acceptors (Lipinski definition) is 4. The first-order valence-electron chi connectivity index (χ1n) is 8.42. The third-order valence-electron chi connectivity index (χ3n) is 4.12. The highest BCUT2D eigenvalue weighted by atomic mass is 16.2. The van der Waals surface area contributed by atoms with Gasteiger partial charge in [0.05, 0.1) is 11.3 Å². The Balaban J connectivity index is 2.52. The van der Waals surface area contributed by atoms with E-state index in [2.05, 4.69) is 29.1 Å². The monoisotopic (exact) mass is 326 g/mol. The first kappa shape index (κ1) is 17.9. The molecule has 0 aliphatic rings. The first-order valence-corrected chi connectivity index (χ1v) is 8.42. The molecule has 0 fully saturated rings. The van der Waals surface area contributed by atoms with Crippen LogP contribution in [0.25, 0.3) is 11.3 Å². The number of nitrogens with zero attached hydrogens (tertiary/aromatic N) is 3. The van der Waals surface area contributed by atoms with E-state index < -0.39 is 0 Å². The van der Waals surface area contributed by atoms with E-state index in [1.165, 1.54) is 0 Å². The lowest BCUT2D eigenvalue weighted by atomic mass is 10.0. The maximum absolute atomic E-state index is 12.7. The summed E-state index contributed by atoms with van der Waals surface area (Å²) in [7, 11) is 1.79. The van der Waals surface area contributed by atoms with Crippen molar-refractivity contribution in [1.29, 1.82) is 0 Å². The summed E-state index contributed by atoms with van der Waals surface area (Å²) in [6.45, 7) is 8.80. The van der Waals surface area contributed by atoms with Crippen molar-refractivity contribution in [1.82, 2.24) is 14.9 Å². The number of anilines is 1. The highest BCUT2D eigenvalue weighted by Gasteiger charge is 2.19. The van der Waals surface area contributed by atoms with Gasteiger partial charge in [-0.05, 0) is 33.3 Å². The van der Waals surface area contributed by atoms with E-state index in [-0.39, 0.29) is 11.9 Å². The van der Waals surface area contributed by atoms with Crippen LogP contribution in [0.2, 0.25) is 0 Å². The summed E-state index contributed by atoms with van der Waals surface area (Å²) in [6.07, 6.45) is 2.60. The van der Waals surface area contributed by atoms with E-state index in [1.54, 1.807) is 18.1 Å². The second-order valence-electron chi connectivity index (χ2n) is 6.10. The van der Waals surface area contributed by atoms with Crippen molar-refractivity contribution < 1.29 is 4.79 Å². The van der Waals surface area contributed by atoms with Gasteiger partial charge in [-0.25, -0.2) is 9.97 Å². The maximum Gasteiger partial charge on any atom is 0.257 e. The van der Waals surface area contributed by atoms with Gasteiger partial charge in [-0.2, -0.15) is 0 Å². The summed E-state index contributed by atoms with van der Waals surface area (Å²) < 4.78 is 0. The molecule has 5 heteroatoms. The quantitative estimate of drug-likeness (QED) is 0.878. The molecule has 128 valence electrons. The van der Waals surface area contributed by atoms with E-state index in [4.69, 9.17) is 0 Å². The molecule has 0 aliphatic heterocycles. The van der Waals surface area contributed by atoms with E-state index in [9.17, 15) is 4.79 Å². The molecule has 1 unspecified atom stereocenters. The van der Waals surface area contributed by atoms with Crippen LogP contribution in [0.1, 0.15) is 43.1 Å². The summed E-state index contributed by atoms with van der Waals surface area (Å²) in [5.74, 6) is 0.487. The molecule has 0 saturated carbocycles. The van der Waals surface area contributed by atoms with Gasteiger partial charge >= 0.3 is 0 Å². The molecule has 1 aromatic carbocycles. The topological polar surface area (TPSA) is 58.1 Å². The molecule has 1 atom stereocenters. The molecule has 0 radical (unpaired) electrons. The number of nitrogens with one attached hydrogen (secondary N) is 1. The fourth-order valence-electron chi connectivity index (χ4n) is 2.29. The van der Waals surface area contributed by atoms with Crippen LogP contribution in [0, 0.1) is 6.92 Å². The Kier molecular flexibility index (Phi) is 5.90. The van der Waals surface area contributed by atoms with E-state index >= 15 is 0 Å². The van der Waals surface area contributed by atoms with Crippen molar-refractivity contribution in [2.24, 2.45) is 0 Å². The van der Waals surface area contributed by atoms with E-state index in [0.717, 1.165) is 17.5 Å². The van der Waals surface area contributed by atoms with Crippen LogP contribution in [-0.4, -0.2) is 40.4 Å². The maximum atomic E-state index is 12.7. The molecule has 24 heavy (non-hydrogen) atoms. The van der Waals surface area contributed by atoms with Gasteiger partial charge in [-0.1, -0.05) is 30.7 Å². The molecule has 1 aromatic heterocycles. The molecule has 1 amide bonds. The van der Waals surface area contributed by atoms with Crippen molar-refractivity contribution in [3.05, 3.63) is 41.6 Å². The molecule has 0 spiro atoms. The molecular formula is C19H26N4O. The second-order valence-corrected chi connectivity index (χ2v) is 6.10. The highest BCUT2D eigenvalue weighted by molar-refractivity contribution is 5.99. The fraction of sp³-hybridized carbons (Fsp3) is 0.421. The Morgan fingerprint density at radius 2 is 2.08 bits per heavy atom. The number of hydrogen-bond donors (Lipinski definition) is 1. The number of rotatable bonds is 6. The fourth-order valence-corrected chi connectivity index (χ4v) is 2.29. The molecule has 0 bridgehead atoms. The summed E-state index contributed by atoms with van der Waals surface area (Å²) in [5.41, 5.74) is 3.26. The number of benzene rings is 1. The highest BCUT2D eigenvalue weighted by Crippen LogP contribution is 2.24. The molecular weight excluding hydrogens is 300 g/mol. The summed E-state index contributed by atoms with van der Waals surface area (Å²) in [4.78, 5) is 23.3. The first-order chi connectivity index (χ1) is 11.5. The van der Waals surface area contributed by atoms with Crippen molar-refractivity contribution in [3.63, 3.8) is 0 Å². The van der Waals surface area contributed by atoms with Gasteiger partial charge in [0.1, 0.15) is 0 Å². The van der Waals surface area contributed by atoms with Crippen LogP contribution in [0.4, 0.5) is 5.95 Å². The van der Waals surface area contributed by atoms with Gasteiger partial charge < -0.3 is 10.2 Å². The molecule has 1 N–H and O–H groups in total. The minimum absolute atomic E-state index is 0.0657. The zero-order valence-electron chi connectivity index (χ0n) is 15.1. The Hall–Kier alpha value is -2.43. The molecule has 0 saturated heterocycles. The Bertz CT molecular complexity index is 714. The minimum Gasteiger partial charge on any atom is -0.352 e. The number of aryl methyl sites for hydroxylation is 1. The van der Waals surface area contributed by atoms with Gasteiger partial charge in [0.15, 0.2) is 0 Å². The lowest BCUT2D eigenvalue weighted by Gasteiger charge is -2.18. The zero-order valence-corrected chi connectivity index (χ0v) is 15.1. The molecule has 2 aromatic rings. The molecule has 2 rings (SSSR count). The van der Waals surface area contributed by atoms with Crippen LogP contribution >= 0.6 is 0 Å². The van der Waals surface area contributed by atoms with Crippen LogP contribution in [0.3, 0.4) is 0 Å². The third kappa shape index (κ3) is 4.10. The van der Waals surface area contributed by atoms with Gasteiger partial charge in [-0.15, -0.1) is 0 Å². The predicted molar refractivity (Wildman–Crippen MR) is 98.2 cm³/mol. The smallest absolute Gasteiger partial charge is 0.257 e. The Labute approximate surface area is 144 Å². The summed E-state index contributed by atoms with van der Waals surface area (Å²) in [5, 5.41) is 3.28. The van der Waals surface area contributed by atoms with Crippen molar-refractivity contribution in [2.45, 2.75) is 40.2 Å². The zero-order chi connectivity index (χ0) is 17.7. The lowest BCUT2D eigenvalue weighted by molar-refractivity contribution is 0.0802. The molecule has 1 heterocycles. The average molecular weight is 326 g/mol. The van der Waals surface area contributed by atoms with Crippen molar-refractivity contribution >= 4 is 11.9 Å². The Morgan fingerprint density at radius 1 is 1.33 bits per heavy atom. The third-order valence-corrected chi connectivity index (χ3v) is 4.12. The van der Waals surface area contributed by atoms with E-state index in [1.807, 2.05) is 38.1 Å². The minimum atomic E-state index is -0.0657. The van der Waals surface area contributed by atoms with Gasteiger partial charge in [0, 0.05) is 31.4 Å². The largest absolute Gasteiger partial charge is 0.352 e. The average Bonchev–Trinajstić information content (AvgIpc) is 2.60. The molecule has 5 nitrogen and oxygen atoms in total. The van der Waals surface area contributed by atoms with Gasteiger partial charge in [0.2, 0.25) is 5.95 Å². The number of amides is 1. The van der Waals surface area contributed by atoms with Crippen LogP contribution in [-0.2, 0) is 0 Å². The van der Waals surface area contributed by atoms with Gasteiger partial charge in [-0.3, -0.25) is 4.79 Å². The van der Waals surface area contributed by atoms with E-state index in [0.29, 0.717) is 23.8 Å². The summed E-state index contributed by atoms with van der Waals surface area (Å²) >= 11 is 0. The summed E-state index contributed by atoms with van der Waals surface area (Å²) in [6, 6.07) is 8.30. The Morgan fingerprint density at radius 3 is 2.71 bits per heavy atom.